The first kappa shape index (κ1) is 20.2. The largest absolute Gasteiger partial charge is 0.338 e. The molecule has 158 valence electrons. The summed E-state index contributed by atoms with van der Waals surface area (Å²) in [5, 5.41) is 9.05. The van der Waals surface area contributed by atoms with Gasteiger partial charge in [0.2, 0.25) is 0 Å². The SMILES string of the molecule is Cn1cnc(-c2cc3ncnc(Nc4ccccc4Cl)c3cc2C2CCNCC2)c1Cl. The fraction of sp³-hybridized carbons (Fsp3) is 0.261. The topological polar surface area (TPSA) is 67.7 Å². The minimum Gasteiger partial charge on any atom is -0.338 e. The van der Waals surface area contributed by atoms with Crippen LogP contribution in [0.2, 0.25) is 10.2 Å². The summed E-state index contributed by atoms with van der Waals surface area (Å²) in [7, 11) is 1.90. The predicted molar refractivity (Wildman–Crippen MR) is 126 cm³/mol. The lowest BCUT2D eigenvalue weighted by Gasteiger charge is -2.25. The van der Waals surface area contributed by atoms with Crippen molar-refractivity contribution in [1.82, 2.24) is 24.8 Å². The van der Waals surface area contributed by atoms with Crippen molar-refractivity contribution < 1.29 is 0 Å². The number of rotatable bonds is 4. The van der Waals surface area contributed by atoms with Crippen LogP contribution in [0.4, 0.5) is 11.5 Å². The third-order valence-electron chi connectivity index (χ3n) is 5.83. The highest BCUT2D eigenvalue weighted by molar-refractivity contribution is 6.33. The molecule has 1 fully saturated rings. The smallest absolute Gasteiger partial charge is 0.141 e. The Labute approximate surface area is 190 Å². The summed E-state index contributed by atoms with van der Waals surface area (Å²) in [6.07, 6.45) is 5.43. The van der Waals surface area contributed by atoms with Crippen molar-refractivity contribution in [3.05, 3.63) is 64.8 Å². The maximum atomic E-state index is 6.59. The standard InChI is InChI=1S/C23H22Cl2N6/c1-31-13-29-21(22(31)25)16-11-20-17(10-15(16)14-6-8-26-9-7-14)23(28-12-27-20)30-19-5-3-2-4-18(19)24/h2-5,10-14,26H,6-9H2,1H3,(H,27,28,30). The molecule has 0 bridgehead atoms. The van der Waals surface area contributed by atoms with E-state index in [0.717, 1.165) is 59.6 Å². The molecule has 2 aromatic heterocycles. The minimum absolute atomic E-state index is 0.409. The predicted octanol–water partition coefficient (Wildman–Crippen LogP) is 5.55. The van der Waals surface area contributed by atoms with Gasteiger partial charge in [0.1, 0.15) is 23.0 Å². The molecular weight excluding hydrogens is 431 g/mol. The van der Waals surface area contributed by atoms with Gasteiger partial charge < -0.3 is 15.2 Å². The fourth-order valence-corrected chi connectivity index (χ4v) is 4.56. The maximum Gasteiger partial charge on any atom is 0.141 e. The van der Waals surface area contributed by atoms with Gasteiger partial charge in [-0.15, -0.1) is 0 Å². The van der Waals surface area contributed by atoms with E-state index in [-0.39, 0.29) is 0 Å². The van der Waals surface area contributed by atoms with Gasteiger partial charge in [0.05, 0.1) is 22.6 Å². The molecule has 31 heavy (non-hydrogen) atoms. The van der Waals surface area contributed by atoms with E-state index in [2.05, 4.69) is 37.7 Å². The van der Waals surface area contributed by atoms with Gasteiger partial charge >= 0.3 is 0 Å². The second-order valence-electron chi connectivity index (χ2n) is 7.80. The monoisotopic (exact) mass is 452 g/mol. The van der Waals surface area contributed by atoms with E-state index in [0.29, 0.717) is 16.1 Å². The number of piperidine rings is 1. The van der Waals surface area contributed by atoms with Gasteiger partial charge in [-0.25, -0.2) is 15.0 Å². The number of nitrogens with zero attached hydrogens (tertiary/aromatic N) is 4. The minimum atomic E-state index is 0.409. The van der Waals surface area contributed by atoms with Crippen molar-refractivity contribution in [2.45, 2.75) is 18.8 Å². The highest BCUT2D eigenvalue weighted by Crippen LogP contribution is 2.40. The number of hydrogen-bond donors (Lipinski definition) is 2. The lowest BCUT2D eigenvalue weighted by molar-refractivity contribution is 0.461. The highest BCUT2D eigenvalue weighted by Gasteiger charge is 2.23. The van der Waals surface area contributed by atoms with Gasteiger partial charge in [0.15, 0.2) is 0 Å². The van der Waals surface area contributed by atoms with E-state index >= 15 is 0 Å². The summed E-state index contributed by atoms with van der Waals surface area (Å²) in [6.45, 7) is 1.99. The van der Waals surface area contributed by atoms with Crippen LogP contribution in [0.15, 0.2) is 49.1 Å². The van der Waals surface area contributed by atoms with E-state index in [4.69, 9.17) is 23.2 Å². The van der Waals surface area contributed by atoms with E-state index < -0.39 is 0 Å². The Balaban J connectivity index is 1.69. The summed E-state index contributed by atoms with van der Waals surface area (Å²) in [5.74, 6) is 1.14. The molecule has 2 N–H and O–H groups in total. The van der Waals surface area contributed by atoms with Gasteiger partial charge in [-0.1, -0.05) is 35.3 Å². The third kappa shape index (κ3) is 3.87. The van der Waals surface area contributed by atoms with Crippen molar-refractivity contribution >= 4 is 45.6 Å². The zero-order valence-corrected chi connectivity index (χ0v) is 18.6. The fourth-order valence-electron chi connectivity index (χ4n) is 4.18. The molecule has 1 aliphatic rings. The number of aryl methyl sites for hydroxylation is 1. The van der Waals surface area contributed by atoms with Gasteiger partial charge in [-0.2, -0.15) is 0 Å². The molecule has 0 spiro atoms. The third-order valence-corrected chi connectivity index (χ3v) is 6.61. The number of anilines is 2. The molecule has 0 aliphatic carbocycles. The van der Waals surface area contributed by atoms with Gasteiger partial charge in [-0.05, 0) is 61.7 Å². The molecule has 1 saturated heterocycles. The first-order valence-corrected chi connectivity index (χ1v) is 11.1. The van der Waals surface area contributed by atoms with Crippen LogP contribution >= 0.6 is 23.2 Å². The molecule has 0 amide bonds. The van der Waals surface area contributed by atoms with Crippen LogP contribution in [-0.4, -0.2) is 32.6 Å². The Morgan fingerprint density at radius 1 is 1.06 bits per heavy atom. The summed E-state index contributed by atoms with van der Waals surface area (Å²) in [4.78, 5) is 13.6. The Bertz CT molecular complexity index is 1250. The van der Waals surface area contributed by atoms with E-state index in [1.807, 2.05) is 35.9 Å². The first-order chi connectivity index (χ1) is 15.1. The Morgan fingerprint density at radius 2 is 1.87 bits per heavy atom. The van der Waals surface area contributed by atoms with Crippen molar-refractivity contribution in [1.29, 1.82) is 0 Å². The Hall–Kier alpha value is -2.67. The van der Waals surface area contributed by atoms with Crippen LogP contribution in [0.5, 0.6) is 0 Å². The molecule has 5 rings (SSSR count). The van der Waals surface area contributed by atoms with E-state index in [1.165, 1.54) is 5.56 Å². The average molecular weight is 453 g/mol. The molecule has 2 aromatic carbocycles. The van der Waals surface area contributed by atoms with Gasteiger partial charge in [-0.3, -0.25) is 0 Å². The zero-order valence-electron chi connectivity index (χ0n) is 17.1. The summed E-state index contributed by atoms with van der Waals surface area (Å²) >= 11 is 13.0. The number of benzene rings is 2. The van der Waals surface area contributed by atoms with Crippen LogP contribution < -0.4 is 10.6 Å². The molecule has 0 radical (unpaired) electrons. The summed E-state index contributed by atoms with van der Waals surface area (Å²) in [6, 6.07) is 11.9. The second-order valence-corrected chi connectivity index (χ2v) is 8.57. The lowest BCUT2D eigenvalue weighted by Crippen LogP contribution is -2.27. The van der Waals surface area contributed by atoms with Gasteiger partial charge in [0, 0.05) is 18.0 Å². The van der Waals surface area contributed by atoms with Gasteiger partial charge in [0.25, 0.3) is 0 Å². The molecule has 6 nitrogen and oxygen atoms in total. The Kier molecular flexibility index (Phi) is 5.52. The molecule has 0 unspecified atom stereocenters. The Morgan fingerprint density at radius 3 is 2.61 bits per heavy atom. The first-order valence-electron chi connectivity index (χ1n) is 10.3. The van der Waals surface area contributed by atoms with Crippen LogP contribution in [0.1, 0.15) is 24.3 Å². The van der Waals surface area contributed by atoms with Crippen LogP contribution in [0.25, 0.3) is 22.2 Å². The normalized spacial score (nSPS) is 14.8. The van der Waals surface area contributed by atoms with E-state index in [1.54, 1.807) is 12.7 Å². The number of aromatic nitrogens is 4. The number of hydrogen-bond acceptors (Lipinski definition) is 5. The molecule has 4 aromatic rings. The molecule has 3 heterocycles. The number of fused-ring (bicyclic) bond motifs is 1. The highest BCUT2D eigenvalue weighted by atomic mass is 35.5. The number of imidazole rings is 1. The molecule has 0 atom stereocenters. The van der Waals surface area contributed by atoms with Crippen LogP contribution in [-0.2, 0) is 7.05 Å². The van der Waals surface area contributed by atoms with Crippen molar-refractivity contribution in [2.24, 2.45) is 7.05 Å². The zero-order chi connectivity index (χ0) is 21.4. The van der Waals surface area contributed by atoms with Crippen LogP contribution in [0.3, 0.4) is 0 Å². The van der Waals surface area contributed by atoms with Crippen molar-refractivity contribution in [2.75, 3.05) is 18.4 Å². The van der Waals surface area contributed by atoms with Crippen LogP contribution in [0, 0.1) is 0 Å². The molecule has 0 saturated carbocycles. The molecule has 8 heteroatoms. The summed E-state index contributed by atoms with van der Waals surface area (Å²) < 4.78 is 1.83. The maximum absolute atomic E-state index is 6.59. The number of nitrogens with one attached hydrogen (secondary N) is 2. The van der Waals surface area contributed by atoms with E-state index in [9.17, 15) is 0 Å². The summed E-state index contributed by atoms with van der Waals surface area (Å²) in [5.41, 5.74) is 4.70. The number of halogens is 2. The second kappa shape index (κ2) is 8.46. The van der Waals surface area contributed by atoms with Crippen molar-refractivity contribution in [3.63, 3.8) is 0 Å². The molecule has 1 aliphatic heterocycles. The average Bonchev–Trinajstić information content (AvgIpc) is 3.13. The van der Waals surface area contributed by atoms with Crippen molar-refractivity contribution in [3.8, 4) is 11.3 Å². The quantitative estimate of drug-likeness (QED) is 0.424. The lowest BCUT2D eigenvalue weighted by atomic mass is 9.85. The number of para-hydroxylation sites is 1. The molecular formula is C23H22Cl2N6.